The van der Waals surface area contributed by atoms with Crippen LogP contribution >= 0.6 is 0 Å². The highest BCUT2D eigenvalue weighted by Gasteiger charge is 2.33. The summed E-state index contributed by atoms with van der Waals surface area (Å²) < 4.78 is 34.6. The molecule has 3 rings (SSSR count). The fraction of sp³-hybridized carbons (Fsp3) is 0.375. The van der Waals surface area contributed by atoms with Crippen LogP contribution in [0.3, 0.4) is 0 Å². The fourth-order valence-electron chi connectivity index (χ4n) is 4.36. The lowest BCUT2D eigenvalue weighted by atomic mass is 10.1. The molecule has 0 saturated heterocycles. The number of aryl methyl sites for hydroxylation is 2. The van der Waals surface area contributed by atoms with Crippen molar-refractivity contribution in [3.63, 3.8) is 0 Å². The summed E-state index contributed by atoms with van der Waals surface area (Å²) in [5.41, 5.74) is 3.73. The molecule has 8 nitrogen and oxygen atoms in total. The minimum atomic E-state index is -4.12. The van der Waals surface area contributed by atoms with E-state index in [1.54, 1.807) is 62.6 Å². The molecule has 41 heavy (non-hydrogen) atoms. The third kappa shape index (κ3) is 7.88. The van der Waals surface area contributed by atoms with Crippen LogP contribution in [0.15, 0.2) is 71.6 Å². The Morgan fingerprint density at radius 1 is 0.927 bits per heavy atom. The molecule has 220 valence electrons. The van der Waals surface area contributed by atoms with Gasteiger partial charge in [-0.15, -0.1) is 0 Å². The molecule has 3 aromatic rings. The summed E-state index contributed by atoms with van der Waals surface area (Å²) in [5.74, 6) is 0.0325. The number of sulfonamides is 1. The summed E-state index contributed by atoms with van der Waals surface area (Å²) in [7, 11) is -2.57. The quantitative estimate of drug-likeness (QED) is 0.326. The van der Waals surface area contributed by atoms with Crippen LogP contribution in [0.5, 0.6) is 5.75 Å². The van der Waals surface area contributed by atoms with Crippen LogP contribution in [0, 0.1) is 26.7 Å². The highest BCUT2D eigenvalue weighted by molar-refractivity contribution is 7.92. The zero-order valence-corrected chi connectivity index (χ0v) is 25.8. The average molecular weight is 580 g/mol. The van der Waals surface area contributed by atoms with Gasteiger partial charge in [-0.05, 0) is 80.6 Å². The van der Waals surface area contributed by atoms with E-state index in [-0.39, 0.29) is 23.3 Å². The molecule has 3 aromatic carbocycles. The molecule has 0 heterocycles. The van der Waals surface area contributed by atoms with Crippen molar-refractivity contribution in [1.29, 1.82) is 0 Å². The molecular formula is C32H41N3O5S. The summed E-state index contributed by atoms with van der Waals surface area (Å²) in [5, 5.41) is 2.90. The number of rotatable bonds is 12. The summed E-state index contributed by atoms with van der Waals surface area (Å²) in [6, 6.07) is 18.3. The lowest BCUT2D eigenvalue weighted by molar-refractivity contribution is -0.139. The van der Waals surface area contributed by atoms with Crippen LogP contribution in [-0.4, -0.2) is 51.4 Å². The molecule has 0 aliphatic carbocycles. The first kappa shape index (κ1) is 31.7. The molecule has 1 N–H and O–H groups in total. The molecule has 1 atom stereocenters. The lowest BCUT2D eigenvalue weighted by Gasteiger charge is -2.32. The van der Waals surface area contributed by atoms with Gasteiger partial charge in [-0.1, -0.05) is 55.8 Å². The first-order chi connectivity index (χ1) is 19.3. The first-order valence-electron chi connectivity index (χ1n) is 13.7. The van der Waals surface area contributed by atoms with E-state index in [1.807, 2.05) is 52.8 Å². The van der Waals surface area contributed by atoms with Gasteiger partial charge in [0.05, 0.1) is 17.7 Å². The number of hydrogen-bond acceptors (Lipinski definition) is 5. The van der Waals surface area contributed by atoms with E-state index in [0.717, 1.165) is 26.6 Å². The molecule has 0 radical (unpaired) electrons. The van der Waals surface area contributed by atoms with Crippen molar-refractivity contribution in [3.05, 3.63) is 89.0 Å². The molecule has 0 bridgehead atoms. The van der Waals surface area contributed by atoms with Gasteiger partial charge in [0.1, 0.15) is 18.3 Å². The highest BCUT2D eigenvalue weighted by Crippen LogP contribution is 2.29. The van der Waals surface area contributed by atoms with Gasteiger partial charge in [-0.3, -0.25) is 13.9 Å². The number of nitrogens with zero attached hydrogens (tertiary/aromatic N) is 2. The van der Waals surface area contributed by atoms with Crippen LogP contribution in [0.1, 0.15) is 43.0 Å². The number of ether oxygens (including phenoxy) is 1. The second-order valence-corrected chi connectivity index (χ2v) is 12.6. The van der Waals surface area contributed by atoms with Gasteiger partial charge in [0, 0.05) is 13.1 Å². The Morgan fingerprint density at radius 2 is 1.59 bits per heavy atom. The third-order valence-corrected chi connectivity index (χ3v) is 8.85. The van der Waals surface area contributed by atoms with Gasteiger partial charge in [0.2, 0.25) is 11.8 Å². The van der Waals surface area contributed by atoms with Crippen molar-refractivity contribution < 1.29 is 22.7 Å². The summed E-state index contributed by atoms with van der Waals surface area (Å²) in [6.45, 7) is 11.3. The Morgan fingerprint density at radius 3 is 2.22 bits per heavy atom. The van der Waals surface area contributed by atoms with E-state index >= 15 is 0 Å². The second-order valence-electron chi connectivity index (χ2n) is 10.7. The van der Waals surface area contributed by atoms with Crippen LogP contribution in [-0.2, 0) is 26.2 Å². The first-order valence-corrected chi connectivity index (χ1v) is 15.1. The number of nitrogens with one attached hydrogen (secondary N) is 1. The largest absolute Gasteiger partial charge is 0.497 e. The van der Waals surface area contributed by atoms with Gasteiger partial charge in [-0.2, -0.15) is 0 Å². The fourth-order valence-corrected chi connectivity index (χ4v) is 5.83. The van der Waals surface area contributed by atoms with E-state index in [9.17, 15) is 18.0 Å². The zero-order valence-electron chi connectivity index (χ0n) is 25.0. The molecule has 0 fully saturated rings. The molecule has 2 amide bonds. The second kappa shape index (κ2) is 13.7. The maximum atomic E-state index is 14.1. The molecule has 0 aliphatic rings. The van der Waals surface area contributed by atoms with Gasteiger partial charge in [-0.25, -0.2) is 8.42 Å². The third-order valence-electron chi connectivity index (χ3n) is 7.07. The number of carbonyl (C=O) groups is 2. The standard InChI is InChI=1S/C32H41N3O5S/c1-22(2)19-33-32(37)26(6)34(20-27-11-9-12-28(18-27)40-7)31(36)21-35(30-13-8-10-24(4)25(30)5)41(38,39)29-16-14-23(3)15-17-29/h8-18,22,26H,19-21H2,1-7H3,(H,33,37)/t26-/m1/s1. The number of amides is 2. The maximum absolute atomic E-state index is 14.1. The topological polar surface area (TPSA) is 96.0 Å². The average Bonchev–Trinajstić information content (AvgIpc) is 2.94. The van der Waals surface area contributed by atoms with Crippen molar-refractivity contribution in [2.75, 3.05) is 24.5 Å². The molecule has 0 aromatic heterocycles. The number of carbonyl (C=O) groups excluding carboxylic acids is 2. The zero-order chi connectivity index (χ0) is 30.3. The van der Waals surface area contributed by atoms with Crippen molar-refractivity contribution in [2.45, 2.75) is 59.0 Å². The molecule has 0 aliphatic heterocycles. The minimum Gasteiger partial charge on any atom is -0.497 e. The Balaban J connectivity index is 2.06. The summed E-state index contributed by atoms with van der Waals surface area (Å²) >= 11 is 0. The Hall–Kier alpha value is -3.85. The Bertz CT molecular complexity index is 1470. The molecular weight excluding hydrogens is 538 g/mol. The van der Waals surface area contributed by atoms with E-state index in [0.29, 0.717) is 18.0 Å². The number of benzene rings is 3. The smallest absolute Gasteiger partial charge is 0.264 e. The van der Waals surface area contributed by atoms with Crippen LogP contribution in [0.25, 0.3) is 0 Å². The van der Waals surface area contributed by atoms with Crippen molar-refractivity contribution in [3.8, 4) is 5.75 Å². The van der Waals surface area contributed by atoms with E-state index in [4.69, 9.17) is 4.74 Å². The van der Waals surface area contributed by atoms with Crippen LogP contribution < -0.4 is 14.4 Å². The molecule has 0 saturated carbocycles. The minimum absolute atomic E-state index is 0.0823. The lowest BCUT2D eigenvalue weighted by Crippen LogP contribution is -2.51. The predicted octanol–water partition coefficient (Wildman–Crippen LogP) is 5.01. The SMILES string of the molecule is COc1cccc(CN(C(=O)CN(c2cccc(C)c2C)S(=O)(=O)c2ccc(C)cc2)[C@H](C)C(=O)NCC(C)C)c1. The summed E-state index contributed by atoms with van der Waals surface area (Å²) in [4.78, 5) is 28.8. The highest BCUT2D eigenvalue weighted by atomic mass is 32.2. The van der Waals surface area contributed by atoms with Crippen LogP contribution in [0.4, 0.5) is 5.69 Å². The van der Waals surface area contributed by atoms with Gasteiger partial charge < -0.3 is 15.0 Å². The van der Waals surface area contributed by atoms with Crippen molar-refractivity contribution in [2.24, 2.45) is 5.92 Å². The molecule has 0 spiro atoms. The number of hydrogen-bond donors (Lipinski definition) is 1. The molecule has 0 unspecified atom stereocenters. The molecule has 9 heteroatoms. The summed E-state index contributed by atoms with van der Waals surface area (Å²) in [6.07, 6.45) is 0. The van der Waals surface area contributed by atoms with Crippen molar-refractivity contribution in [1.82, 2.24) is 10.2 Å². The van der Waals surface area contributed by atoms with E-state index in [2.05, 4.69) is 5.32 Å². The monoisotopic (exact) mass is 579 g/mol. The predicted molar refractivity (Wildman–Crippen MR) is 162 cm³/mol. The van der Waals surface area contributed by atoms with Crippen LogP contribution in [0.2, 0.25) is 0 Å². The normalized spacial score (nSPS) is 12.1. The number of anilines is 1. The van der Waals surface area contributed by atoms with Crippen molar-refractivity contribution >= 4 is 27.5 Å². The Labute approximate surface area is 244 Å². The van der Waals surface area contributed by atoms with E-state index < -0.39 is 28.5 Å². The van der Waals surface area contributed by atoms with Gasteiger partial charge in [0.25, 0.3) is 10.0 Å². The van der Waals surface area contributed by atoms with E-state index in [1.165, 1.54) is 4.90 Å². The Kier molecular flexibility index (Phi) is 10.6. The van der Waals surface area contributed by atoms with Gasteiger partial charge in [0.15, 0.2) is 0 Å². The maximum Gasteiger partial charge on any atom is 0.264 e. The number of methoxy groups -OCH3 is 1. The van der Waals surface area contributed by atoms with Gasteiger partial charge >= 0.3 is 0 Å².